The lowest BCUT2D eigenvalue weighted by molar-refractivity contribution is -0.384. The van der Waals surface area contributed by atoms with Crippen LogP contribution in [0.5, 0.6) is 11.5 Å². The summed E-state index contributed by atoms with van der Waals surface area (Å²) in [6.45, 7) is -0.119. The molecule has 2 unspecified atom stereocenters. The van der Waals surface area contributed by atoms with E-state index in [9.17, 15) is 34.4 Å². The van der Waals surface area contributed by atoms with Crippen LogP contribution in [0.4, 0.5) is 5.69 Å². The van der Waals surface area contributed by atoms with Crippen LogP contribution in [0.15, 0.2) is 42.5 Å². The Labute approximate surface area is 185 Å². The van der Waals surface area contributed by atoms with Crippen LogP contribution < -0.4 is 15.2 Å². The fourth-order valence-corrected chi connectivity index (χ4v) is 3.69. The van der Waals surface area contributed by atoms with E-state index in [1.165, 1.54) is 30.3 Å². The highest BCUT2D eigenvalue weighted by atomic mass is 16.6. The summed E-state index contributed by atoms with van der Waals surface area (Å²) in [7, 11) is 0. The Morgan fingerprint density at radius 3 is 2.36 bits per heavy atom. The summed E-state index contributed by atoms with van der Waals surface area (Å²) in [5, 5.41) is 29.2. The molecule has 0 radical (unpaired) electrons. The minimum absolute atomic E-state index is 0.0756. The number of nitrogens with two attached hydrogens (primary N) is 1. The standard InChI is InChI=1S/C21H18N2O10/c22-19(26)18(14(20(27)28)8-17(24)25)15-9-32-16-7-12(5-6-13(15)16)33-21(29)10-1-3-11(4-2-10)23(30)31/h1-7,14-15,18H,8-9H2,(H2,22,26)(H,24,25)(H,27,28)/t14?,15-,18?/m1/s1. The number of hydrogen-bond donors (Lipinski definition) is 3. The zero-order valence-corrected chi connectivity index (χ0v) is 16.9. The number of nitro groups is 1. The number of rotatable bonds is 9. The van der Waals surface area contributed by atoms with Crippen molar-refractivity contribution < 1.29 is 43.8 Å². The van der Waals surface area contributed by atoms with Crippen molar-refractivity contribution in [1.29, 1.82) is 0 Å². The summed E-state index contributed by atoms with van der Waals surface area (Å²) < 4.78 is 10.8. The first-order valence-electron chi connectivity index (χ1n) is 9.55. The molecule has 3 rings (SSSR count). The number of carbonyl (C=O) groups excluding carboxylic acids is 2. The van der Waals surface area contributed by atoms with Gasteiger partial charge in [0.25, 0.3) is 5.69 Å². The lowest BCUT2D eigenvalue weighted by Gasteiger charge is -2.25. The van der Waals surface area contributed by atoms with Crippen LogP contribution in [0, 0.1) is 22.0 Å². The van der Waals surface area contributed by atoms with Crippen molar-refractivity contribution in [2.75, 3.05) is 6.61 Å². The van der Waals surface area contributed by atoms with Gasteiger partial charge in [0, 0.05) is 29.7 Å². The summed E-state index contributed by atoms with van der Waals surface area (Å²) in [5.41, 5.74) is 5.73. The number of non-ortho nitro benzene ring substituents is 1. The molecule has 0 bridgehead atoms. The highest BCUT2D eigenvalue weighted by molar-refractivity contribution is 5.91. The summed E-state index contributed by atoms with van der Waals surface area (Å²) in [4.78, 5) is 57.2. The van der Waals surface area contributed by atoms with Crippen molar-refractivity contribution in [2.24, 2.45) is 17.6 Å². The second-order valence-electron chi connectivity index (χ2n) is 7.28. The number of benzene rings is 2. The first kappa shape index (κ1) is 23.2. The number of hydrogen-bond acceptors (Lipinski definition) is 8. The average Bonchev–Trinajstić information content (AvgIpc) is 3.15. The van der Waals surface area contributed by atoms with Crippen LogP contribution in [0.25, 0.3) is 0 Å². The summed E-state index contributed by atoms with van der Waals surface area (Å²) in [6, 6.07) is 9.04. The number of carboxylic acid groups (broad SMARTS) is 2. The number of carboxylic acids is 2. The number of esters is 1. The highest BCUT2D eigenvalue weighted by Gasteiger charge is 2.43. The van der Waals surface area contributed by atoms with Crippen LogP contribution in [0.1, 0.15) is 28.3 Å². The molecule has 3 atom stereocenters. The summed E-state index contributed by atoms with van der Waals surface area (Å²) in [6.07, 6.45) is -0.792. The molecule has 2 aromatic rings. The van der Waals surface area contributed by atoms with Gasteiger partial charge in [0.1, 0.15) is 11.5 Å². The Balaban J connectivity index is 1.81. The van der Waals surface area contributed by atoms with Gasteiger partial charge in [-0.25, -0.2) is 4.79 Å². The van der Waals surface area contributed by atoms with Crippen molar-refractivity contribution in [2.45, 2.75) is 12.3 Å². The number of ether oxygens (including phenoxy) is 2. The number of nitrogens with zero attached hydrogens (tertiary/aromatic N) is 1. The summed E-state index contributed by atoms with van der Waals surface area (Å²) in [5.74, 6) is -8.01. The van der Waals surface area contributed by atoms with Crippen molar-refractivity contribution in [3.8, 4) is 11.5 Å². The molecule has 12 heteroatoms. The number of aliphatic carboxylic acids is 2. The molecule has 1 aliphatic rings. The monoisotopic (exact) mass is 458 g/mol. The molecule has 0 spiro atoms. The molecule has 0 saturated heterocycles. The van der Waals surface area contributed by atoms with Crippen LogP contribution in [-0.2, 0) is 14.4 Å². The van der Waals surface area contributed by atoms with E-state index in [-0.39, 0.29) is 29.4 Å². The second kappa shape index (κ2) is 9.34. The van der Waals surface area contributed by atoms with E-state index < -0.39 is 52.9 Å². The first-order chi connectivity index (χ1) is 15.6. The Hall–Kier alpha value is -4.48. The number of carbonyl (C=O) groups is 4. The van der Waals surface area contributed by atoms with E-state index in [2.05, 4.69) is 0 Å². The van der Waals surface area contributed by atoms with Gasteiger partial charge in [-0.1, -0.05) is 6.07 Å². The van der Waals surface area contributed by atoms with E-state index >= 15 is 0 Å². The molecule has 1 aliphatic heterocycles. The van der Waals surface area contributed by atoms with Crippen molar-refractivity contribution in [3.05, 3.63) is 63.7 Å². The molecule has 12 nitrogen and oxygen atoms in total. The molecule has 1 amide bonds. The average molecular weight is 458 g/mol. The predicted octanol–water partition coefficient (Wildman–Crippen LogP) is 1.57. The zero-order valence-electron chi connectivity index (χ0n) is 16.9. The molecule has 0 saturated carbocycles. The van der Waals surface area contributed by atoms with Gasteiger partial charge in [-0.3, -0.25) is 24.5 Å². The molecule has 33 heavy (non-hydrogen) atoms. The third kappa shape index (κ3) is 5.06. The number of fused-ring (bicyclic) bond motifs is 1. The van der Waals surface area contributed by atoms with Crippen molar-refractivity contribution >= 4 is 29.5 Å². The van der Waals surface area contributed by atoms with Crippen molar-refractivity contribution in [3.63, 3.8) is 0 Å². The molecule has 0 fully saturated rings. The van der Waals surface area contributed by atoms with Gasteiger partial charge in [-0.05, 0) is 18.2 Å². The van der Waals surface area contributed by atoms with Gasteiger partial charge in [-0.2, -0.15) is 0 Å². The molecule has 2 aromatic carbocycles. The maximum atomic E-state index is 12.3. The molecule has 4 N–H and O–H groups in total. The molecular weight excluding hydrogens is 440 g/mol. The van der Waals surface area contributed by atoms with Gasteiger partial charge in [0.05, 0.1) is 35.4 Å². The zero-order chi connectivity index (χ0) is 24.3. The Morgan fingerprint density at radius 2 is 1.82 bits per heavy atom. The number of nitro benzene ring substituents is 1. The first-order valence-corrected chi connectivity index (χ1v) is 9.55. The Bertz CT molecular complexity index is 1130. The molecule has 0 aromatic heterocycles. The van der Waals surface area contributed by atoms with Gasteiger partial charge < -0.3 is 25.4 Å². The van der Waals surface area contributed by atoms with Gasteiger partial charge in [-0.15, -0.1) is 0 Å². The topological polar surface area (TPSA) is 196 Å². The van der Waals surface area contributed by atoms with Gasteiger partial charge in [0.15, 0.2) is 0 Å². The minimum Gasteiger partial charge on any atom is -0.492 e. The quantitative estimate of drug-likeness (QED) is 0.215. The van der Waals surface area contributed by atoms with E-state index in [1.54, 1.807) is 0 Å². The maximum absolute atomic E-state index is 12.3. The smallest absolute Gasteiger partial charge is 0.343 e. The second-order valence-corrected chi connectivity index (χ2v) is 7.28. The van der Waals surface area contributed by atoms with Crippen LogP contribution >= 0.6 is 0 Å². The van der Waals surface area contributed by atoms with Gasteiger partial charge in [0.2, 0.25) is 5.91 Å². The molecular formula is C21H18N2O10. The fraction of sp³-hybridized carbons (Fsp3) is 0.238. The van der Waals surface area contributed by atoms with E-state index in [0.717, 1.165) is 12.1 Å². The van der Waals surface area contributed by atoms with E-state index in [0.29, 0.717) is 5.56 Å². The lowest BCUT2D eigenvalue weighted by Crippen LogP contribution is -2.40. The third-order valence-electron chi connectivity index (χ3n) is 5.23. The Morgan fingerprint density at radius 1 is 1.15 bits per heavy atom. The predicted molar refractivity (Wildman–Crippen MR) is 109 cm³/mol. The van der Waals surface area contributed by atoms with Crippen LogP contribution in [0.2, 0.25) is 0 Å². The normalized spacial score (nSPS) is 16.1. The van der Waals surface area contributed by atoms with Crippen molar-refractivity contribution in [1.82, 2.24) is 0 Å². The maximum Gasteiger partial charge on any atom is 0.343 e. The van der Waals surface area contributed by atoms with Crippen LogP contribution in [0.3, 0.4) is 0 Å². The number of amides is 1. The molecule has 0 aliphatic carbocycles. The van der Waals surface area contributed by atoms with E-state index in [4.69, 9.17) is 20.3 Å². The van der Waals surface area contributed by atoms with Crippen LogP contribution in [-0.4, -0.2) is 45.6 Å². The third-order valence-corrected chi connectivity index (χ3v) is 5.23. The molecule has 1 heterocycles. The Kier molecular flexibility index (Phi) is 6.56. The fourth-order valence-electron chi connectivity index (χ4n) is 3.69. The molecule has 172 valence electrons. The highest BCUT2D eigenvalue weighted by Crippen LogP contribution is 2.43. The largest absolute Gasteiger partial charge is 0.492 e. The SMILES string of the molecule is NC(=O)C(C(CC(=O)O)C(=O)O)[C@@H]1COc2cc(OC(=O)c3ccc([N+](=O)[O-])cc3)ccc21. The van der Waals surface area contributed by atoms with Gasteiger partial charge >= 0.3 is 17.9 Å². The van der Waals surface area contributed by atoms with E-state index in [1.807, 2.05) is 0 Å². The lowest BCUT2D eigenvalue weighted by atomic mass is 9.77. The summed E-state index contributed by atoms with van der Waals surface area (Å²) >= 11 is 0. The minimum atomic E-state index is -1.56. The number of primary amides is 1.